The van der Waals surface area contributed by atoms with Crippen molar-refractivity contribution in [3.05, 3.63) is 33.9 Å². The van der Waals surface area contributed by atoms with Gasteiger partial charge in [-0.15, -0.1) is 11.8 Å². The van der Waals surface area contributed by atoms with Crippen LogP contribution in [0.25, 0.3) is 0 Å². The first-order chi connectivity index (χ1) is 11.4. The molecule has 24 heavy (non-hydrogen) atoms. The van der Waals surface area contributed by atoms with Crippen molar-refractivity contribution in [3.8, 4) is 0 Å². The lowest BCUT2D eigenvalue weighted by atomic mass is 10.1. The molecule has 0 aromatic heterocycles. The van der Waals surface area contributed by atoms with E-state index in [1.807, 2.05) is 0 Å². The van der Waals surface area contributed by atoms with Gasteiger partial charge in [0.2, 0.25) is 0 Å². The van der Waals surface area contributed by atoms with Gasteiger partial charge in [-0.25, -0.2) is 0 Å². The van der Waals surface area contributed by atoms with E-state index in [4.69, 9.17) is 5.73 Å². The van der Waals surface area contributed by atoms with E-state index in [0.717, 1.165) is 25.0 Å². The highest BCUT2D eigenvalue weighted by atomic mass is 32.2. The Hall–Kier alpha value is -1.60. The predicted octanol–water partition coefficient (Wildman–Crippen LogP) is 3.30. The Balaban J connectivity index is 2.18. The van der Waals surface area contributed by atoms with Crippen LogP contribution in [0.2, 0.25) is 0 Å². The summed E-state index contributed by atoms with van der Waals surface area (Å²) in [4.78, 5) is 26.0. The molecule has 0 spiro atoms. The number of hydrogen-bond acceptors (Lipinski definition) is 5. The minimum absolute atomic E-state index is 0.0121. The van der Waals surface area contributed by atoms with Gasteiger partial charge < -0.3 is 10.6 Å². The molecule has 0 bridgehead atoms. The van der Waals surface area contributed by atoms with Crippen LogP contribution in [0.5, 0.6) is 0 Å². The molecule has 1 aliphatic rings. The molecule has 1 fully saturated rings. The van der Waals surface area contributed by atoms with Gasteiger partial charge >= 0.3 is 0 Å². The van der Waals surface area contributed by atoms with Gasteiger partial charge in [0.25, 0.3) is 11.6 Å². The van der Waals surface area contributed by atoms with Crippen LogP contribution < -0.4 is 5.73 Å². The summed E-state index contributed by atoms with van der Waals surface area (Å²) in [6.07, 6.45) is 2.82. The number of likely N-dealkylation sites (tertiary alicyclic amines) is 1. The molecule has 1 unspecified atom stereocenters. The van der Waals surface area contributed by atoms with Gasteiger partial charge in [-0.05, 0) is 43.1 Å². The topological polar surface area (TPSA) is 89.5 Å². The Bertz CT molecular complexity index is 607. The Morgan fingerprint density at radius 3 is 2.88 bits per heavy atom. The third-order valence-corrected chi connectivity index (χ3v) is 5.36. The summed E-state index contributed by atoms with van der Waals surface area (Å²) in [5, 5.41) is 11.4. The highest BCUT2D eigenvalue weighted by molar-refractivity contribution is 7.99. The molecule has 1 aliphatic heterocycles. The monoisotopic (exact) mass is 351 g/mol. The highest BCUT2D eigenvalue weighted by Crippen LogP contribution is 2.32. The van der Waals surface area contributed by atoms with Crippen LogP contribution in [0.15, 0.2) is 23.1 Å². The average molecular weight is 351 g/mol. The van der Waals surface area contributed by atoms with Crippen molar-refractivity contribution in [1.29, 1.82) is 0 Å². The number of nitro groups is 1. The SMILES string of the molecule is CC(C)CCSc1ccc(C(=O)N2CCCC2CN)cc1[N+](=O)[O-]. The summed E-state index contributed by atoms with van der Waals surface area (Å²) in [6.45, 7) is 5.34. The number of nitrogens with two attached hydrogens (primary N) is 1. The summed E-state index contributed by atoms with van der Waals surface area (Å²) in [6, 6.07) is 4.84. The number of nitro benzene ring substituents is 1. The van der Waals surface area contributed by atoms with Crippen LogP contribution in [-0.4, -0.2) is 40.6 Å². The summed E-state index contributed by atoms with van der Waals surface area (Å²) in [5.41, 5.74) is 6.10. The molecule has 132 valence electrons. The molecular weight excluding hydrogens is 326 g/mol. The second-order valence-electron chi connectivity index (χ2n) is 6.50. The molecule has 6 nitrogen and oxygen atoms in total. The fourth-order valence-electron chi connectivity index (χ4n) is 2.83. The van der Waals surface area contributed by atoms with E-state index in [1.54, 1.807) is 17.0 Å². The zero-order valence-electron chi connectivity index (χ0n) is 14.2. The van der Waals surface area contributed by atoms with Gasteiger partial charge in [-0.2, -0.15) is 0 Å². The van der Waals surface area contributed by atoms with Gasteiger partial charge in [0.15, 0.2) is 0 Å². The van der Waals surface area contributed by atoms with Crippen LogP contribution in [0.1, 0.15) is 43.5 Å². The van der Waals surface area contributed by atoms with Crippen LogP contribution in [-0.2, 0) is 0 Å². The van der Waals surface area contributed by atoms with E-state index in [0.29, 0.717) is 29.5 Å². The first-order valence-corrected chi connectivity index (χ1v) is 9.35. The van der Waals surface area contributed by atoms with Crippen molar-refractivity contribution in [2.45, 2.75) is 44.0 Å². The lowest BCUT2D eigenvalue weighted by molar-refractivity contribution is -0.387. The summed E-state index contributed by atoms with van der Waals surface area (Å²) < 4.78 is 0. The van der Waals surface area contributed by atoms with Crippen molar-refractivity contribution in [2.24, 2.45) is 11.7 Å². The average Bonchev–Trinajstić information content (AvgIpc) is 3.02. The van der Waals surface area contributed by atoms with Crippen molar-refractivity contribution >= 4 is 23.4 Å². The van der Waals surface area contributed by atoms with Crippen molar-refractivity contribution in [2.75, 3.05) is 18.8 Å². The lowest BCUT2D eigenvalue weighted by Crippen LogP contribution is -2.39. The molecule has 1 saturated heterocycles. The summed E-state index contributed by atoms with van der Waals surface area (Å²) in [5.74, 6) is 1.22. The predicted molar refractivity (Wildman–Crippen MR) is 96.4 cm³/mol. The zero-order valence-corrected chi connectivity index (χ0v) is 15.1. The van der Waals surface area contributed by atoms with Crippen LogP contribution in [0.3, 0.4) is 0 Å². The van der Waals surface area contributed by atoms with Gasteiger partial charge in [0.05, 0.1) is 9.82 Å². The molecule has 2 rings (SSSR count). The molecule has 1 heterocycles. The summed E-state index contributed by atoms with van der Waals surface area (Å²) in [7, 11) is 0. The normalized spacial score (nSPS) is 17.5. The fourth-order valence-corrected chi connectivity index (χ4v) is 4.09. The van der Waals surface area contributed by atoms with Gasteiger partial charge in [-0.1, -0.05) is 13.8 Å². The number of thioether (sulfide) groups is 1. The fraction of sp³-hybridized carbons (Fsp3) is 0.588. The Morgan fingerprint density at radius 2 is 2.25 bits per heavy atom. The molecular formula is C17H25N3O3S. The molecule has 2 N–H and O–H groups in total. The van der Waals surface area contributed by atoms with E-state index in [2.05, 4.69) is 13.8 Å². The molecule has 1 atom stereocenters. The van der Waals surface area contributed by atoms with Crippen LogP contribution in [0, 0.1) is 16.0 Å². The smallest absolute Gasteiger partial charge is 0.283 e. The minimum Gasteiger partial charge on any atom is -0.334 e. The number of carbonyl (C=O) groups excluding carboxylic acids is 1. The molecule has 1 aromatic rings. The van der Waals surface area contributed by atoms with Crippen molar-refractivity contribution in [3.63, 3.8) is 0 Å². The zero-order chi connectivity index (χ0) is 17.7. The van der Waals surface area contributed by atoms with E-state index < -0.39 is 4.92 Å². The number of hydrogen-bond donors (Lipinski definition) is 1. The number of benzene rings is 1. The standard InChI is InChI=1S/C17H25N3O3S/c1-12(2)7-9-24-16-6-5-13(10-15(16)20(22)23)17(21)19-8-3-4-14(19)11-18/h5-6,10,12,14H,3-4,7-9,11,18H2,1-2H3. The van der Waals surface area contributed by atoms with Gasteiger partial charge in [-0.3, -0.25) is 14.9 Å². The summed E-state index contributed by atoms with van der Waals surface area (Å²) >= 11 is 1.47. The third-order valence-electron chi connectivity index (χ3n) is 4.27. The first kappa shape index (κ1) is 18.7. The molecule has 1 aromatic carbocycles. The van der Waals surface area contributed by atoms with Gasteiger partial charge in [0.1, 0.15) is 0 Å². The molecule has 0 radical (unpaired) electrons. The Labute approximate surface area is 146 Å². The highest BCUT2D eigenvalue weighted by Gasteiger charge is 2.29. The van der Waals surface area contributed by atoms with Crippen molar-refractivity contribution < 1.29 is 9.72 Å². The minimum atomic E-state index is -0.404. The third kappa shape index (κ3) is 4.48. The Morgan fingerprint density at radius 1 is 1.50 bits per heavy atom. The lowest BCUT2D eigenvalue weighted by Gasteiger charge is -2.23. The molecule has 0 aliphatic carbocycles. The maximum atomic E-state index is 12.6. The van der Waals surface area contributed by atoms with E-state index in [9.17, 15) is 14.9 Å². The number of carbonyl (C=O) groups is 1. The van der Waals surface area contributed by atoms with Crippen molar-refractivity contribution in [1.82, 2.24) is 4.90 Å². The van der Waals surface area contributed by atoms with E-state index >= 15 is 0 Å². The van der Waals surface area contributed by atoms with E-state index in [-0.39, 0.29) is 17.6 Å². The molecule has 1 amide bonds. The second-order valence-corrected chi connectivity index (χ2v) is 7.64. The van der Waals surface area contributed by atoms with Crippen LogP contribution in [0.4, 0.5) is 5.69 Å². The number of amides is 1. The number of nitrogens with zero attached hydrogens (tertiary/aromatic N) is 2. The molecule has 0 saturated carbocycles. The maximum Gasteiger partial charge on any atom is 0.283 e. The van der Waals surface area contributed by atoms with Gasteiger partial charge in [0, 0.05) is 30.8 Å². The largest absolute Gasteiger partial charge is 0.334 e. The number of rotatable bonds is 7. The molecule has 7 heteroatoms. The van der Waals surface area contributed by atoms with Crippen LogP contribution >= 0.6 is 11.8 Å². The maximum absolute atomic E-state index is 12.6. The second kappa shape index (κ2) is 8.48. The Kier molecular flexibility index (Phi) is 6.62. The quantitative estimate of drug-likeness (QED) is 0.462. The van der Waals surface area contributed by atoms with E-state index in [1.165, 1.54) is 17.8 Å². The first-order valence-electron chi connectivity index (χ1n) is 8.36.